The van der Waals surface area contributed by atoms with E-state index in [1.165, 1.54) is 18.6 Å². The molecule has 2 aliphatic carbocycles. The van der Waals surface area contributed by atoms with E-state index in [4.69, 9.17) is 9.31 Å². The van der Waals surface area contributed by atoms with Crippen LogP contribution in [0.3, 0.4) is 0 Å². The Balaban J connectivity index is 1.28. The van der Waals surface area contributed by atoms with Gasteiger partial charge in [0.2, 0.25) is 0 Å². The zero-order chi connectivity index (χ0) is 37.6. The van der Waals surface area contributed by atoms with Crippen molar-refractivity contribution in [2.24, 2.45) is 5.92 Å². The lowest BCUT2D eigenvalue weighted by Gasteiger charge is -2.58. The van der Waals surface area contributed by atoms with Crippen LogP contribution in [0.2, 0.25) is 5.82 Å². The van der Waals surface area contributed by atoms with Crippen molar-refractivity contribution in [3.63, 3.8) is 0 Å². The van der Waals surface area contributed by atoms with Crippen LogP contribution in [0.4, 0.5) is 0 Å². The molecule has 2 saturated heterocycles. The predicted octanol–water partition coefficient (Wildman–Crippen LogP) is 3.50. The predicted molar refractivity (Wildman–Crippen MR) is 190 cm³/mol. The van der Waals surface area contributed by atoms with Gasteiger partial charge in [0.15, 0.2) is 11.2 Å². The summed E-state index contributed by atoms with van der Waals surface area (Å²) in [6.45, 7) is 3.35. The molecule has 2 spiro atoms. The maximum Gasteiger partial charge on any atom is 0.477 e. The molecule has 15 nitrogen and oxygen atoms in total. The summed E-state index contributed by atoms with van der Waals surface area (Å²) in [5.41, 5.74) is 0.469. The van der Waals surface area contributed by atoms with Gasteiger partial charge in [-0.15, -0.1) is 0 Å². The molecular formula is C34H49BN4O11P2. The fraction of sp³-hybridized carbons (Fsp3) is 0.618. The number of nitrogens with zero attached hydrogens (tertiary/aromatic N) is 3. The highest BCUT2D eigenvalue weighted by Gasteiger charge is 2.84. The third kappa shape index (κ3) is 7.39. The maximum atomic E-state index is 14.5. The van der Waals surface area contributed by atoms with E-state index in [-0.39, 0.29) is 53.6 Å². The molecule has 18 heteroatoms. The van der Waals surface area contributed by atoms with E-state index in [0.29, 0.717) is 37.0 Å². The number of amides is 1. The van der Waals surface area contributed by atoms with Crippen molar-refractivity contribution in [2.45, 2.75) is 106 Å². The molecule has 3 heterocycles. The second kappa shape index (κ2) is 14.5. The van der Waals surface area contributed by atoms with Gasteiger partial charge in [-0.2, -0.15) is 0 Å². The summed E-state index contributed by atoms with van der Waals surface area (Å²) in [7, 11) is -10.5. The van der Waals surface area contributed by atoms with Gasteiger partial charge < -0.3 is 38.6 Å². The van der Waals surface area contributed by atoms with Crippen molar-refractivity contribution in [2.75, 3.05) is 19.8 Å². The first-order valence-corrected chi connectivity index (χ1v) is 21.4. The fourth-order valence-corrected chi connectivity index (χ4v) is 11.9. The summed E-state index contributed by atoms with van der Waals surface area (Å²) in [4.78, 5) is 87.3. The standard InChI is InChI=1S/C34H49BN4O11P2/c1-24(2)17-26(19-30(41)28(18-25-7-4-3-5-8-25)38-32(42)29-21-36-14-15-37-29)35-39(33(10-11-33)22-49-35,34(12-13-34)23-50-35)16-6-9-27(40)20-31(51(43,44)45)52(46,47)48/h3-5,7-8,14-15,21,24,26,28,31H,6,9-13,16-20,22-23H2,1-2H3,(H,38,42)(H2,43,44,45)(H2,46,47,48)/t26-,28+,35?,39?/m1/s1. The highest BCUT2D eigenvalue weighted by molar-refractivity contribution is 7.70. The molecule has 6 rings (SSSR count). The first-order chi connectivity index (χ1) is 24.5. The van der Waals surface area contributed by atoms with E-state index in [1.807, 2.05) is 30.3 Å². The van der Waals surface area contributed by atoms with Gasteiger partial charge in [-0.3, -0.25) is 28.5 Å². The van der Waals surface area contributed by atoms with Crippen molar-refractivity contribution >= 4 is 39.4 Å². The van der Waals surface area contributed by atoms with E-state index >= 15 is 0 Å². The zero-order valence-corrected chi connectivity index (χ0v) is 31.4. The quantitative estimate of drug-likeness (QED) is 0.109. The smallest absolute Gasteiger partial charge is 0.477 e. The van der Waals surface area contributed by atoms with E-state index < -0.39 is 51.4 Å². The topological polar surface area (TPSA) is 223 Å². The Morgan fingerprint density at radius 2 is 1.56 bits per heavy atom. The monoisotopic (exact) mass is 762 g/mol. The van der Waals surface area contributed by atoms with Crippen LogP contribution in [-0.2, 0) is 34.4 Å². The van der Waals surface area contributed by atoms with E-state index in [2.05, 4.69) is 29.1 Å². The van der Waals surface area contributed by atoms with E-state index in [9.17, 15) is 43.1 Å². The molecule has 1 amide bonds. The molecule has 4 aliphatic rings. The van der Waals surface area contributed by atoms with Crippen LogP contribution < -0.4 is 5.32 Å². The first-order valence-electron chi connectivity index (χ1n) is 18.0. The van der Waals surface area contributed by atoms with E-state index in [0.717, 1.165) is 31.2 Å². The number of aromatic nitrogens is 2. The molecular weight excluding hydrogens is 713 g/mol. The number of ketones is 2. The van der Waals surface area contributed by atoms with Crippen LogP contribution >= 0.6 is 15.2 Å². The molecule has 0 radical (unpaired) electrons. The van der Waals surface area contributed by atoms with Gasteiger partial charge in [-0.1, -0.05) is 50.6 Å². The summed E-state index contributed by atoms with van der Waals surface area (Å²) < 4.78 is 38.0. The minimum Gasteiger partial charge on any atom is -0.509 e. The van der Waals surface area contributed by atoms with Crippen LogP contribution in [0, 0.1) is 5.92 Å². The van der Waals surface area contributed by atoms with Crippen LogP contribution in [0.15, 0.2) is 48.9 Å². The Morgan fingerprint density at radius 3 is 2.08 bits per heavy atom. The van der Waals surface area contributed by atoms with Crippen molar-refractivity contribution in [3.8, 4) is 0 Å². The molecule has 2 atom stereocenters. The third-order valence-corrected chi connectivity index (χ3v) is 15.6. The molecule has 5 N–H and O–H groups in total. The Kier molecular flexibility index (Phi) is 10.9. The van der Waals surface area contributed by atoms with Crippen LogP contribution in [0.25, 0.3) is 0 Å². The second-order valence-electron chi connectivity index (χ2n) is 15.8. The Morgan fingerprint density at radius 1 is 0.942 bits per heavy atom. The number of hydrogen-bond donors (Lipinski definition) is 5. The number of rotatable bonds is 18. The van der Waals surface area contributed by atoms with Gasteiger partial charge in [-0.05, 0) is 36.6 Å². The van der Waals surface area contributed by atoms with Gasteiger partial charge in [0.25, 0.3) is 5.91 Å². The summed E-state index contributed by atoms with van der Waals surface area (Å²) >= 11 is 0. The first kappa shape index (κ1) is 39.1. The Hall–Kier alpha value is -2.65. The molecule has 1 aromatic heterocycles. The van der Waals surface area contributed by atoms with Crippen LogP contribution in [0.5, 0.6) is 0 Å². The molecule has 4 fully saturated rings. The lowest BCUT2D eigenvalue weighted by atomic mass is 9.50. The number of benzene rings is 1. The minimum atomic E-state index is -5.24. The summed E-state index contributed by atoms with van der Waals surface area (Å²) in [6.07, 6.45) is 7.98. The number of fused-ring (bicyclic) bond motifs is 3. The normalized spacial score (nSPS) is 25.3. The van der Waals surface area contributed by atoms with Crippen molar-refractivity contribution in [1.29, 1.82) is 0 Å². The van der Waals surface area contributed by atoms with Crippen molar-refractivity contribution in [1.82, 2.24) is 15.3 Å². The molecule has 0 unspecified atom stereocenters. The fourth-order valence-electron chi connectivity index (χ4n) is 9.43. The van der Waals surface area contributed by atoms with Crippen molar-refractivity contribution < 1.29 is 56.8 Å². The van der Waals surface area contributed by atoms with Crippen LogP contribution in [0.1, 0.15) is 87.7 Å². The zero-order valence-electron chi connectivity index (χ0n) is 29.6. The SMILES string of the molecule is CC(C)C[C@H](CC(=O)[C@H](Cc1ccccc1)NC(=O)c1cnccn1)[B-]12OCC3(CC3)[N+]1(CCCC(=O)CC(P(=O)(O)O)P(=O)(O)O)C1(CC1)CO2. The number of carbonyl (C=O) groups is 3. The summed E-state index contributed by atoms with van der Waals surface area (Å²) in [5, 5.41) is 0.541. The molecule has 2 aliphatic heterocycles. The van der Waals surface area contributed by atoms with E-state index in [1.54, 1.807) is 0 Å². The maximum absolute atomic E-state index is 14.5. The number of carbonyl (C=O) groups excluding carboxylic acids is 3. The van der Waals surface area contributed by atoms with Crippen molar-refractivity contribution in [3.05, 3.63) is 60.2 Å². The lowest BCUT2D eigenvalue weighted by Crippen LogP contribution is -2.73. The number of quaternary nitrogens is 1. The number of Topliss-reactive ketones (excluding diaryl/α,β-unsaturated/α-hetero) is 2. The summed E-state index contributed by atoms with van der Waals surface area (Å²) in [5.74, 6) is -1.51. The van der Waals surface area contributed by atoms with Gasteiger partial charge >= 0.3 is 21.9 Å². The Labute approximate surface area is 303 Å². The Bertz CT molecular complexity index is 1700. The molecule has 2 saturated carbocycles. The van der Waals surface area contributed by atoms with Gasteiger partial charge in [-0.25, -0.2) is 4.98 Å². The molecule has 284 valence electrons. The van der Waals surface area contributed by atoms with Gasteiger partial charge in [0, 0.05) is 57.5 Å². The lowest BCUT2D eigenvalue weighted by molar-refractivity contribution is -0.894. The van der Waals surface area contributed by atoms with Crippen LogP contribution in [-0.4, -0.2) is 100 Å². The largest absolute Gasteiger partial charge is 0.509 e. The van der Waals surface area contributed by atoms with Gasteiger partial charge in [0.1, 0.15) is 11.5 Å². The molecule has 52 heavy (non-hydrogen) atoms. The average Bonchev–Trinajstić information content (AvgIpc) is 4.00. The molecule has 2 aromatic rings. The molecule has 0 bridgehead atoms. The second-order valence-corrected chi connectivity index (χ2v) is 19.8. The third-order valence-electron chi connectivity index (χ3n) is 11.9. The highest BCUT2D eigenvalue weighted by Crippen LogP contribution is 2.71. The number of nitrogens with one attached hydrogen (secondary N) is 1. The molecule has 1 aromatic carbocycles. The summed E-state index contributed by atoms with van der Waals surface area (Å²) in [6, 6.07) is 8.58. The average molecular weight is 763 g/mol. The highest BCUT2D eigenvalue weighted by atomic mass is 31.2. The minimum absolute atomic E-state index is 0.0772. The number of hydrogen-bond acceptors (Lipinski definition) is 9. The van der Waals surface area contributed by atoms with Gasteiger partial charge in [0.05, 0.1) is 36.5 Å².